The van der Waals surface area contributed by atoms with Gasteiger partial charge in [-0.05, 0) is 86.3 Å². The highest BCUT2D eigenvalue weighted by molar-refractivity contribution is 6.25. The molecule has 51 heavy (non-hydrogen) atoms. The van der Waals surface area contributed by atoms with E-state index in [0.717, 1.165) is 51.1 Å². The standard InChI is InChI=1S/C48H33N3/c1-2-46-49-44-20-9-10-21-45(44)51(46)37-15-11-14-35(29-37)32-22-25-33(26-23-32)41-30-42-47(39-17-6-5-16-38(39)41)40-18-7-8-19-43(40)50-48(42)36-27-24-31-12-3-4-13-34(31)28-36/h3-30H,2H2,1H3. The van der Waals surface area contributed by atoms with Gasteiger partial charge in [-0.25, -0.2) is 9.97 Å². The van der Waals surface area contributed by atoms with Crippen LogP contribution in [0, 0.1) is 0 Å². The number of hydrogen-bond acceptors (Lipinski definition) is 2. The molecule has 10 aromatic rings. The van der Waals surface area contributed by atoms with Crippen molar-refractivity contribution >= 4 is 54.3 Å². The molecular formula is C48H33N3. The van der Waals surface area contributed by atoms with E-state index in [4.69, 9.17) is 9.97 Å². The number of imidazole rings is 1. The maximum atomic E-state index is 5.33. The smallest absolute Gasteiger partial charge is 0.114 e. The van der Waals surface area contributed by atoms with Crippen molar-refractivity contribution in [1.29, 1.82) is 0 Å². The Morgan fingerprint density at radius 1 is 0.451 bits per heavy atom. The molecule has 0 unspecified atom stereocenters. The molecule has 2 aromatic heterocycles. The van der Waals surface area contributed by atoms with Gasteiger partial charge in [0.1, 0.15) is 5.82 Å². The molecule has 3 heteroatoms. The first-order valence-corrected chi connectivity index (χ1v) is 17.6. The van der Waals surface area contributed by atoms with E-state index in [9.17, 15) is 0 Å². The summed E-state index contributed by atoms with van der Waals surface area (Å²) >= 11 is 0. The zero-order chi connectivity index (χ0) is 33.9. The normalized spacial score (nSPS) is 11.7. The Hall–Kier alpha value is -6.58. The maximum absolute atomic E-state index is 5.33. The van der Waals surface area contributed by atoms with Crippen molar-refractivity contribution in [2.45, 2.75) is 13.3 Å². The van der Waals surface area contributed by atoms with Crippen LogP contribution >= 0.6 is 0 Å². The van der Waals surface area contributed by atoms with E-state index in [1.807, 2.05) is 0 Å². The van der Waals surface area contributed by atoms with Crippen LogP contribution in [0.25, 0.3) is 93.5 Å². The topological polar surface area (TPSA) is 30.7 Å². The zero-order valence-electron chi connectivity index (χ0n) is 28.2. The van der Waals surface area contributed by atoms with Gasteiger partial charge in [0.2, 0.25) is 0 Å². The van der Waals surface area contributed by atoms with Gasteiger partial charge in [0, 0.05) is 33.8 Å². The van der Waals surface area contributed by atoms with Crippen LogP contribution in [0.15, 0.2) is 170 Å². The number of rotatable bonds is 5. The van der Waals surface area contributed by atoms with Crippen molar-refractivity contribution in [2.75, 3.05) is 0 Å². The molecule has 0 amide bonds. The highest BCUT2D eigenvalue weighted by Gasteiger charge is 2.17. The average molecular weight is 652 g/mol. The lowest BCUT2D eigenvalue weighted by Crippen LogP contribution is -2.00. The van der Waals surface area contributed by atoms with Gasteiger partial charge in [0.25, 0.3) is 0 Å². The molecule has 2 heterocycles. The van der Waals surface area contributed by atoms with E-state index in [2.05, 4.69) is 181 Å². The van der Waals surface area contributed by atoms with Crippen molar-refractivity contribution < 1.29 is 0 Å². The summed E-state index contributed by atoms with van der Waals surface area (Å²) < 4.78 is 2.29. The fraction of sp³-hybridized carbons (Fsp3) is 0.0417. The van der Waals surface area contributed by atoms with Crippen LogP contribution in [0.5, 0.6) is 0 Å². The molecule has 0 aliphatic rings. The van der Waals surface area contributed by atoms with Crippen molar-refractivity contribution in [3.63, 3.8) is 0 Å². The number of nitrogens with zero attached hydrogens (tertiary/aromatic N) is 3. The first-order chi connectivity index (χ1) is 25.2. The van der Waals surface area contributed by atoms with Gasteiger partial charge in [-0.3, -0.25) is 4.57 Å². The summed E-state index contributed by atoms with van der Waals surface area (Å²) in [6, 6.07) is 61.2. The van der Waals surface area contributed by atoms with Gasteiger partial charge in [-0.2, -0.15) is 0 Å². The molecular weight excluding hydrogens is 619 g/mol. The van der Waals surface area contributed by atoms with Crippen LogP contribution in [-0.2, 0) is 6.42 Å². The summed E-state index contributed by atoms with van der Waals surface area (Å²) in [4.78, 5) is 10.2. The largest absolute Gasteiger partial charge is 0.296 e. The lowest BCUT2D eigenvalue weighted by atomic mass is 9.89. The van der Waals surface area contributed by atoms with Gasteiger partial charge < -0.3 is 0 Å². The molecule has 0 aliphatic carbocycles. The molecule has 0 saturated heterocycles. The highest BCUT2D eigenvalue weighted by atomic mass is 15.1. The van der Waals surface area contributed by atoms with E-state index in [1.165, 1.54) is 54.6 Å². The second-order valence-electron chi connectivity index (χ2n) is 13.3. The van der Waals surface area contributed by atoms with Crippen molar-refractivity contribution in [2.24, 2.45) is 0 Å². The number of hydrogen-bond donors (Lipinski definition) is 0. The summed E-state index contributed by atoms with van der Waals surface area (Å²) in [5.74, 6) is 1.07. The van der Waals surface area contributed by atoms with Gasteiger partial charge in [0.15, 0.2) is 0 Å². The summed E-state index contributed by atoms with van der Waals surface area (Å²) in [7, 11) is 0. The molecule has 0 bridgehead atoms. The number of aryl methyl sites for hydroxylation is 1. The fourth-order valence-electron chi connectivity index (χ4n) is 7.88. The Morgan fingerprint density at radius 3 is 1.98 bits per heavy atom. The van der Waals surface area contributed by atoms with Crippen LogP contribution in [-0.4, -0.2) is 14.5 Å². The summed E-state index contributed by atoms with van der Waals surface area (Å²) in [6.07, 6.45) is 0.862. The SMILES string of the molecule is CCc1nc2ccccc2n1-c1cccc(-c2ccc(-c3cc4c(-c5ccc6ccccc6c5)nc5ccccc5c4c4ccccc34)cc2)c1. The van der Waals surface area contributed by atoms with Gasteiger partial charge in [-0.1, -0.05) is 134 Å². The van der Waals surface area contributed by atoms with Gasteiger partial charge in [0.05, 0.1) is 22.2 Å². The van der Waals surface area contributed by atoms with E-state index >= 15 is 0 Å². The molecule has 0 saturated carbocycles. The second kappa shape index (κ2) is 11.8. The highest BCUT2D eigenvalue weighted by Crippen LogP contribution is 2.42. The fourth-order valence-corrected chi connectivity index (χ4v) is 7.88. The first kappa shape index (κ1) is 29.3. The van der Waals surface area contributed by atoms with Crippen LogP contribution in [0.3, 0.4) is 0 Å². The molecule has 240 valence electrons. The number of para-hydroxylation sites is 3. The van der Waals surface area contributed by atoms with Crippen molar-refractivity contribution in [3.05, 3.63) is 176 Å². The van der Waals surface area contributed by atoms with E-state index in [0.29, 0.717) is 0 Å². The lowest BCUT2D eigenvalue weighted by molar-refractivity contribution is 0.908. The lowest BCUT2D eigenvalue weighted by Gasteiger charge is -2.17. The third kappa shape index (κ3) is 4.81. The third-order valence-corrected chi connectivity index (χ3v) is 10.3. The quantitative estimate of drug-likeness (QED) is 0.173. The van der Waals surface area contributed by atoms with E-state index < -0.39 is 0 Å². The van der Waals surface area contributed by atoms with E-state index in [-0.39, 0.29) is 0 Å². The molecule has 0 radical (unpaired) electrons. The Bertz CT molecular complexity index is 2950. The number of fused-ring (bicyclic) bond motifs is 7. The summed E-state index contributed by atoms with van der Waals surface area (Å²) in [5, 5.41) is 8.50. The molecule has 0 atom stereocenters. The molecule has 3 nitrogen and oxygen atoms in total. The summed E-state index contributed by atoms with van der Waals surface area (Å²) in [5.41, 5.74) is 11.2. The predicted molar refractivity (Wildman–Crippen MR) is 215 cm³/mol. The van der Waals surface area contributed by atoms with Crippen LogP contribution in [0.1, 0.15) is 12.7 Å². The maximum Gasteiger partial charge on any atom is 0.114 e. The molecule has 0 fully saturated rings. The first-order valence-electron chi connectivity index (χ1n) is 17.6. The number of pyridine rings is 1. The molecule has 0 aliphatic heterocycles. The Morgan fingerprint density at radius 2 is 1.14 bits per heavy atom. The third-order valence-electron chi connectivity index (χ3n) is 10.3. The second-order valence-corrected chi connectivity index (χ2v) is 13.3. The molecule has 0 spiro atoms. The van der Waals surface area contributed by atoms with Crippen LogP contribution in [0.4, 0.5) is 0 Å². The Kier molecular flexibility index (Phi) is 6.78. The molecule has 8 aromatic carbocycles. The molecule has 0 N–H and O–H groups in total. The Labute approximate surface area is 296 Å². The number of aromatic nitrogens is 3. The van der Waals surface area contributed by atoms with Crippen molar-refractivity contribution in [3.8, 4) is 39.2 Å². The monoisotopic (exact) mass is 651 g/mol. The van der Waals surface area contributed by atoms with Crippen LogP contribution < -0.4 is 0 Å². The summed E-state index contributed by atoms with van der Waals surface area (Å²) in [6.45, 7) is 2.17. The number of benzene rings is 8. The van der Waals surface area contributed by atoms with E-state index in [1.54, 1.807) is 0 Å². The minimum atomic E-state index is 0.862. The zero-order valence-corrected chi connectivity index (χ0v) is 28.2. The minimum Gasteiger partial charge on any atom is -0.296 e. The van der Waals surface area contributed by atoms with Gasteiger partial charge >= 0.3 is 0 Å². The molecule has 10 rings (SSSR count). The van der Waals surface area contributed by atoms with Crippen molar-refractivity contribution in [1.82, 2.24) is 14.5 Å². The predicted octanol–water partition coefficient (Wildman–Crippen LogP) is 12.6. The van der Waals surface area contributed by atoms with Crippen LogP contribution in [0.2, 0.25) is 0 Å². The minimum absolute atomic E-state index is 0.862. The van der Waals surface area contributed by atoms with Gasteiger partial charge in [-0.15, -0.1) is 0 Å². The Balaban J connectivity index is 1.14. The average Bonchev–Trinajstić information content (AvgIpc) is 3.59.